The van der Waals surface area contributed by atoms with E-state index in [0.717, 1.165) is 19.3 Å². The van der Waals surface area contributed by atoms with Crippen LogP contribution in [0.25, 0.3) is 0 Å². The Morgan fingerprint density at radius 2 is 2.00 bits per heavy atom. The molecule has 1 aromatic carbocycles. The number of aliphatic hydroxyl groups excluding tert-OH is 1. The van der Waals surface area contributed by atoms with Gasteiger partial charge < -0.3 is 15.3 Å². The van der Waals surface area contributed by atoms with Crippen molar-refractivity contribution in [1.82, 2.24) is 4.90 Å². The van der Waals surface area contributed by atoms with Crippen molar-refractivity contribution < 1.29 is 27.5 Å². The Balaban J connectivity index is 2.03. The van der Waals surface area contributed by atoms with Crippen LogP contribution in [0.3, 0.4) is 0 Å². The number of benzene rings is 1. The summed E-state index contributed by atoms with van der Waals surface area (Å²) in [7, 11) is 1.46. The molecule has 2 atom stereocenters. The monoisotopic (exact) mass is 348 g/mol. The number of hydrogen-bond acceptors (Lipinski definition) is 2. The van der Waals surface area contributed by atoms with Crippen LogP contribution in [0.5, 0.6) is 0 Å². The van der Waals surface area contributed by atoms with Crippen LogP contribution >= 0.6 is 0 Å². The first kappa shape index (κ1) is 18.5. The van der Waals surface area contributed by atoms with Gasteiger partial charge in [0.15, 0.2) is 0 Å². The van der Waals surface area contributed by atoms with Gasteiger partial charge in [0.05, 0.1) is 17.4 Å². The molecule has 0 heterocycles. The van der Waals surface area contributed by atoms with Gasteiger partial charge in [0.2, 0.25) is 0 Å². The lowest BCUT2D eigenvalue weighted by Gasteiger charge is -2.31. The molecule has 1 saturated carbocycles. The zero-order valence-corrected chi connectivity index (χ0v) is 13.2. The van der Waals surface area contributed by atoms with Gasteiger partial charge in [-0.3, -0.25) is 0 Å². The number of aliphatic hydroxyl groups is 1. The molecule has 0 aromatic heterocycles. The number of nitrogens with zero attached hydrogens (tertiary/aromatic N) is 1. The van der Waals surface area contributed by atoms with E-state index in [4.69, 9.17) is 0 Å². The standard InChI is InChI=1S/C16H20F4N2O2/c1-22(9-10-4-2-3-5-14(10)23)15(24)21-13-8-11(16(18,19)20)6-7-12(13)17/h6-8,10,14,23H,2-5,9H2,1H3,(H,21,24). The molecule has 4 nitrogen and oxygen atoms in total. The minimum Gasteiger partial charge on any atom is -0.393 e. The minimum absolute atomic E-state index is 0.0825. The van der Waals surface area contributed by atoms with Crippen LogP contribution < -0.4 is 5.32 Å². The molecule has 0 radical (unpaired) electrons. The molecule has 1 fully saturated rings. The van der Waals surface area contributed by atoms with Crippen molar-refractivity contribution >= 4 is 11.7 Å². The van der Waals surface area contributed by atoms with Gasteiger partial charge in [0, 0.05) is 19.5 Å². The summed E-state index contributed by atoms with van der Waals surface area (Å²) in [6, 6.07) is 1.14. The fraction of sp³-hybridized carbons (Fsp3) is 0.562. The minimum atomic E-state index is -4.62. The van der Waals surface area contributed by atoms with Gasteiger partial charge in [0.25, 0.3) is 0 Å². The molecule has 1 aliphatic rings. The van der Waals surface area contributed by atoms with Crippen LogP contribution in [-0.4, -0.2) is 35.7 Å². The number of nitrogens with one attached hydrogen (secondary N) is 1. The number of hydrogen-bond donors (Lipinski definition) is 2. The number of carbonyl (C=O) groups excluding carboxylic acids is 1. The van der Waals surface area contributed by atoms with E-state index in [1.807, 2.05) is 0 Å². The van der Waals surface area contributed by atoms with Crippen molar-refractivity contribution in [3.63, 3.8) is 0 Å². The number of amides is 2. The summed E-state index contributed by atoms with van der Waals surface area (Å²) in [5.41, 5.74) is -1.56. The second-order valence-corrected chi connectivity index (χ2v) is 6.11. The Bertz CT molecular complexity index is 592. The number of alkyl halides is 3. The Labute approximate surface area is 137 Å². The predicted octanol–water partition coefficient (Wildman–Crippen LogP) is 3.86. The van der Waals surface area contributed by atoms with Crippen molar-refractivity contribution in [2.45, 2.75) is 38.0 Å². The van der Waals surface area contributed by atoms with E-state index in [1.54, 1.807) is 0 Å². The van der Waals surface area contributed by atoms with E-state index in [9.17, 15) is 27.5 Å². The summed E-state index contributed by atoms with van der Waals surface area (Å²) in [5.74, 6) is -1.02. The maximum Gasteiger partial charge on any atom is 0.416 e. The largest absolute Gasteiger partial charge is 0.416 e. The average molecular weight is 348 g/mol. The lowest BCUT2D eigenvalue weighted by molar-refractivity contribution is -0.137. The zero-order chi connectivity index (χ0) is 17.9. The Morgan fingerprint density at radius 1 is 1.33 bits per heavy atom. The van der Waals surface area contributed by atoms with Crippen molar-refractivity contribution in [2.24, 2.45) is 5.92 Å². The van der Waals surface area contributed by atoms with Gasteiger partial charge in [-0.25, -0.2) is 9.18 Å². The van der Waals surface area contributed by atoms with Crippen LogP contribution in [0, 0.1) is 11.7 Å². The first-order valence-corrected chi connectivity index (χ1v) is 7.75. The van der Waals surface area contributed by atoms with Gasteiger partial charge in [-0.15, -0.1) is 0 Å². The number of carbonyl (C=O) groups is 1. The smallest absolute Gasteiger partial charge is 0.393 e. The normalized spacial score (nSPS) is 21.4. The SMILES string of the molecule is CN(CC1CCCCC1O)C(=O)Nc1cc(C(F)(F)F)ccc1F. The van der Waals surface area contributed by atoms with Crippen molar-refractivity contribution in [2.75, 3.05) is 18.9 Å². The molecular formula is C16H20F4N2O2. The number of halogens is 4. The van der Waals surface area contributed by atoms with E-state index in [-0.39, 0.29) is 12.5 Å². The van der Waals surface area contributed by atoms with E-state index >= 15 is 0 Å². The highest BCUT2D eigenvalue weighted by molar-refractivity contribution is 5.89. The highest BCUT2D eigenvalue weighted by Crippen LogP contribution is 2.32. The second-order valence-electron chi connectivity index (χ2n) is 6.11. The summed E-state index contributed by atoms with van der Waals surface area (Å²) in [5, 5.41) is 12.1. The molecule has 8 heteroatoms. The number of urea groups is 1. The highest BCUT2D eigenvalue weighted by atomic mass is 19.4. The lowest BCUT2D eigenvalue weighted by Crippen LogP contribution is -2.40. The molecule has 2 rings (SSSR count). The summed E-state index contributed by atoms with van der Waals surface area (Å²) in [6.45, 7) is 0.258. The first-order chi connectivity index (χ1) is 11.2. The summed E-state index contributed by atoms with van der Waals surface area (Å²) >= 11 is 0. The molecule has 2 unspecified atom stereocenters. The fourth-order valence-electron chi connectivity index (χ4n) is 2.84. The predicted molar refractivity (Wildman–Crippen MR) is 81.0 cm³/mol. The molecule has 0 saturated heterocycles. The molecule has 2 amide bonds. The van der Waals surface area contributed by atoms with E-state index < -0.39 is 35.4 Å². The molecule has 134 valence electrons. The van der Waals surface area contributed by atoms with Crippen molar-refractivity contribution in [3.05, 3.63) is 29.6 Å². The molecule has 0 aliphatic heterocycles. The van der Waals surface area contributed by atoms with Gasteiger partial charge in [-0.05, 0) is 31.0 Å². The third kappa shape index (κ3) is 4.59. The van der Waals surface area contributed by atoms with Crippen LogP contribution in [0.4, 0.5) is 28.0 Å². The molecule has 24 heavy (non-hydrogen) atoms. The molecule has 1 aliphatic carbocycles. The molecule has 0 spiro atoms. The summed E-state index contributed by atoms with van der Waals surface area (Å²) in [6.07, 6.45) is -1.79. The zero-order valence-electron chi connectivity index (χ0n) is 13.2. The Kier molecular flexibility index (Phi) is 5.69. The van der Waals surface area contributed by atoms with E-state index in [0.29, 0.717) is 24.6 Å². The maximum absolute atomic E-state index is 13.7. The third-order valence-electron chi connectivity index (χ3n) is 4.26. The second kappa shape index (κ2) is 7.38. The number of rotatable bonds is 3. The van der Waals surface area contributed by atoms with Gasteiger partial charge in [0.1, 0.15) is 5.82 Å². The summed E-state index contributed by atoms with van der Waals surface area (Å²) in [4.78, 5) is 13.3. The third-order valence-corrected chi connectivity index (χ3v) is 4.26. The van der Waals surface area contributed by atoms with E-state index in [1.165, 1.54) is 11.9 Å². The molecule has 0 bridgehead atoms. The van der Waals surface area contributed by atoms with Crippen LogP contribution in [-0.2, 0) is 6.18 Å². The Hall–Kier alpha value is -1.83. The van der Waals surface area contributed by atoms with Crippen molar-refractivity contribution in [1.29, 1.82) is 0 Å². The lowest BCUT2D eigenvalue weighted by atomic mass is 9.86. The van der Waals surface area contributed by atoms with Crippen LogP contribution in [0.15, 0.2) is 18.2 Å². The van der Waals surface area contributed by atoms with Gasteiger partial charge >= 0.3 is 12.2 Å². The molecule has 1 aromatic rings. The van der Waals surface area contributed by atoms with Gasteiger partial charge in [-0.1, -0.05) is 12.8 Å². The average Bonchev–Trinajstić information content (AvgIpc) is 2.50. The molecule has 2 N–H and O–H groups in total. The van der Waals surface area contributed by atoms with Crippen LogP contribution in [0.1, 0.15) is 31.2 Å². The Morgan fingerprint density at radius 3 is 2.62 bits per heavy atom. The summed E-state index contributed by atoms with van der Waals surface area (Å²) < 4.78 is 51.7. The topological polar surface area (TPSA) is 52.6 Å². The quantitative estimate of drug-likeness (QED) is 0.815. The maximum atomic E-state index is 13.7. The molecular weight excluding hydrogens is 328 g/mol. The fourth-order valence-corrected chi connectivity index (χ4v) is 2.84. The first-order valence-electron chi connectivity index (χ1n) is 7.75. The highest BCUT2D eigenvalue weighted by Gasteiger charge is 2.31. The van der Waals surface area contributed by atoms with Crippen LogP contribution in [0.2, 0.25) is 0 Å². The number of anilines is 1. The van der Waals surface area contributed by atoms with Crippen molar-refractivity contribution in [3.8, 4) is 0 Å². The van der Waals surface area contributed by atoms with Gasteiger partial charge in [-0.2, -0.15) is 13.2 Å². The van der Waals surface area contributed by atoms with E-state index in [2.05, 4.69) is 5.32 Å².